The maximum absolute atomic E-state index is 12.8. The van der Waals surface area contributed by atoms with Gasteiger partial charge in [0, 0.05) is 0 Å². The Morgan fingerprint density at radius 1 is 1.08 bits per heavy atom. The van der Waals surface area contributed by atoms with E-state index in [1.807, 2.05) is 65.0 Å². The van der Waals surface area contributed by atoms with Gasteiger partial charge in [-0.3, -0.25) is 4.79 Å². The molecule has 1 aromatic carbocycles. The monoisotopic (exact) mass is 345 g/mol. The van der Waals surface area contributed by atoms with Crippen LogP contribution in [0.2, 0.25) is 0 Å². The van der Waals surface area contributed by atoms with Crippen molar-refractivity contribution in [1.29, 1.82) is 0 Å². The SMILES string of the molecule is COc1ccccc1NC(c1ccco1)C(C)(C)C(=O)OC(C)(C)C. The van der Waals surface area contributed by atoms with Crippen LogP contribution in [-0.2, 0) is 9.53 Å². The number of para-hydroxylation sites is 2. The fourth-order valence-electron chi connectivity index (χ4n) is 2.51. The molecule has 0 saturated carbocycles. The summed E-state index contributed by atoms with van der Waals surface area (Å²) in [7, 11) is 1.61. The number of rotatable bonds is 6. The quantitative estimate of drug-likeness (QED) is 0.761. The summed E-state index contributed by atoms with van der Waals surface area (Å²) in [6.07, 6.45) is 1.59. The molecule has 0 saturated heterocycles. The first-order valence-electron chi connectivity index (χ1n) is 8.31. The molecule has 1 heterocycles. The minimum atomic E-state index is -0.869. The number of methoxy groups -OCH3 is 1. The zero-order valence-electron chi connectivity index (χ0n) is 15.8. The Balaban J connectivity index is 2.38. The number of benzene rings is 1. The highest BCUT2D eigenvalue weighted by molar-refractivity contribution is 5.78. The van der Waals surface area contributed by atoms with E-state index < -0.39 is 17.1 Å². The van der Waals surface area contributed by atoms with E-state index in [0.29, 0.717) is 11.5 Å². The third-order valence-electron chi connectivity index (χ3n) is 3.88. The zero-order chi connectivity index (χ0) is 18.7. The van der Waals surface area contributed by atoms with E-state index >= 15 is 0 Å². The van der Waals surface area contributed by atoms with Gasteiger partial charge in [-0.2, -0.15) is 0 Å². The molecule has 1 atom stereocenters. The summed E-state index contributed by atoms with van der Waals surface area (Å²) in [4.78, 5) is 12.8. The fraction of sp³-hybridized carbons (Fsp3) is 0.450. The van der Waals surface area contributed by atoms with Crippen LogP contribution < -0.4 is 10.1 Å². The van der Waals surface area contributed by atoms with Crippen LogP contribution in [-0.4, -0.2) is 18.7 Å². The lowest BCUT2D eigenvalue weighted by Gasteiger charge is -2.35. The van der Waals surface area contributed by atoms with Gasteiger partial charge in [0.2, 0.25) is 0 Å². The van der Waals surface area contributed by atoms with E-state index in [4.69, 9.17) is 13.9 Å². The summed E-state index contributed by atoms with van der Waals surface area (Å²) >= 11 is 0. The van der Waals surface area contributed by atoms with Crippen molar-refractivity contribution in [3.63, 3.8) is 0 Å². The van der Waals surface area contributed by atoms with Crippen molar-refractivity contribution < 1.29 is 18.7 Å². The number of ether oxygens (including phenoxy) is 2. The maximum Gasteiger partial charge on any atom is 0.314 e. The van der Waals surface area contributed by atoms with Gasteiger partial charge in [0.1, 0.15) is 23.2 Å². The standard InChI is InChI=1S/C20H27NO4/c1-19(2,3)25-18(22)20(4,5)17(16-12-9-13-24-16)21-14-10-7-8-11-15(14)23-6/h7-13,17,21H,1-6H3. The molecule has 1 N–H and O–H groups in total. The van der Waals surface area contributed by atoms with Crippen molar-refractivity contribution in [3.8, 4) is 5.75 Å². The molecule has 0 radical (unpaired) electrons. The Labute approximate surface area is 149 Å². The van der Waals surface area contributed by atoms with Crippen LogP contribution in [0.5, 0.6) is 5.75 Å². The minimum absolute atomic E-state index is 0.302. The van der Waals surface area contributed by atoms with Gasteiger partial charge >= 0.3 is 5.97 Å². The van der Waals surface area contributed by atoms with Crippen molar-refractivity contribution in [2.45, 2.75) is 46.3 Å². The normalized spacial score (nSPS) is 13.2. The van der Waals surface area contributed by atoms with Crippen molar-refractivity contribution in [2.75, 3.05) is 12.4 Å². The number of carbonyl (C=O) groups excluding carboxylic acids is 1. The number of nitrogens with one attached hydrogen (secondary N) is 1. The second kappa shape index (κ2) is 7.21. The molecule has 25 heavy (non-hydrogen) atoms. The number of hydrogen-bond acceptors (Lipinski definition) is 5. The molecule has 1 unspecified atom stereocenters. The Bertz CT molecular complexity index is 699. The van der Waals surface area contributed by atoms with Crippen LogP contribution in [0.25, 0.3) is 0 Å². The van der Waals surface area contributed by atoms with Gasteiger partial charge in [-0.15, -0.1) is 0 Å². The van der Waals surface area contributed by atoms with Crippen LogP contribution >= 0.6 is 0 Å². The lowest BCUT2D eigenvalue weighted by molar-refractivity contribution is -0.166. The predicted molar refractivity (Wildman–Crippen MR) is 97.7 cm³/mol. The van der Waals surface area contributed by atoms with Crippen molar-refractivity contribution in [2.24, 2.45) is 5.41 Å². The molecule has 0 fully saturated rings. The first-order chi connectivity index (χ1) is 11.6. The van der Waals surface area contributed by atoms with E-state index in [-0.39, 0.29) is 5.97 Å². The molecule has 5 heteroatoms. The van der Waals surface area contributed by atoms with E-state index in [9.17, 15) is 4.79 Å². The molecule has 2 aromatic rings. The third-order valence-corrected chi connectivity index (χ3v) is 3.88. The molecule has 1 aromatic heterocycles. The number of anilines is 1. The number of hydrogen-bond donors (Lipinski definition) is 1. The molecule has 0 spiro atoms. The zero-order valence-corrected chi connectivity index (χ0v) is 15.8. The summed E-state index contributed by atoms with van der Waals surface area (Å²) in [5.41, 5.74) is -0.651. The molecule has 2 rings (SSSR count). The van der Waals surface area contributed by atoms with Crippen LogP contribution in [0.15, 0.2) is 47.1 Å². The molecular weight excluding hydrogens is 318 g/mol. The van der Waals surface area contributed by atoms with E-state index in [1.54, 1.807) is 19.4 Å². The first-order valence-corrected chi connectivity index (χ1v) is 8.31. The van der Waals surface area contributed by atoms with Gasteiger partial charge in [-0.05, 0) is 58.9 Å². The van der Waals surface area contributed by atoms with Crippen molar-refractivity contribution >= 4 is 11.7 Å². The summed E-state index contributed by atoms with van der Waals surface area (Å²) in [5.74, 6) is 1.05. The summed E-state index contributed by atoms with van der Waals surface area (Å²) in [6, 6.07) is 10.8. The Morgan fingerprint density at radius 2 is 1.76 bits per heavy atom. The van der Waals surface area contributed by atoms with Crippen LogP contribution in [0.3, 0.4) is 0 Å². The van der Waals surface area contributed by atoms with E-state index in [1.165, 1.54) is 0 Å². The predicted octanol–water partition coefficient (Wildman–Crippen LogP) is 4.81. The molecule has 0 aliphatic rings. The Kier molecular flexibility index (Phi) is 5.45. The summed E-state index contributed by atoms with van der Waals surface area (Å²) < 4.78 is 16.6. The smallest absolute Gasteiger partial charge is 0.314 e. The van der Waals surface area contributed by atoms with E-state index in [2.05, 4.69) is 5.32 Å². The molecule has 0 aliphatic carbocycles. The van der Waals surface area contributed by atoms with Crippen LogP contribution in [0.1, 0.15) is 46.4 Å². The number of esters is 1. The first kappa shape index (κ1) is 18.9. The highest BCUT2D eigenvalue weighted by atomic mass is 16.6. The van der Waals surface area contributed by atoms with Crippen LogP contribution in [0, 0.1) is 5.41 Å². The molecule has 136 valence electrons. The van der Waals surface area contributed by atoms with Gasteiger partial charge in [-0.1, -0.05) is 12.1 Å². The Hall–Kier alpha value is -2.43. The second-order valence-corrected chi connectivity index (χ2v) is 7.52. The molecular formula is C20H27NO4. The largest absolute Gasteiger partial charge is 0.495 e. The lowest BCUT2D eigenvalue weighted by Crippen LogP contribution is -2.40. The molecule has 5 nitrogen and oxygen atoms in total. The average molecular weight is 345 g/mol. The minimum Gasteiger partial charge on any atom is -0.495 e. The maximum atomic E-state index is 12.8. The Morgan fingerprint density at radius 3 is 2.32 bits per heavy atom. The average Bonchev–Trinajstić information content (AvgIpc) is 3.05. The third kappa shape index (κ3) is 4.56. The van der Waals surface area contributed by atoms with E-state index in [0.717, 1.165) is 5.69 Å². The lowest BCUT2D eigenvalue weighted by atomic mass is 9.82. The van der Waals surface area contributed by atoms with Crippen molar-refractivity contribution in [1.82, 2.24) is 0 Å². The van der Waals surface area contributed by atoms with Crippen LogP contribution in [0.4, 0.5) is 5.69 Å². The van der Waals surface area contributed by atoms with Gasteiger partial charge in [-0.25, -0.2) is 0 Å². The molecule has 0 bridgehead atoms. The summed E-state index contributed by atoms with van der Waals surface area (Å²) in [6.45, 7) is 9.26. The topological polar surface area (TPSA) is 60.7 Å². The number of furan rings is 1. The van der Waals surface area contributed by atoms with Crippen molar-refractivity contribution in [3.05, 3.63) is 48.4 Å². The fourth-order valence-corrected chi connectivity index (χ4v) is 2.51. The summed E-state index contributed by atoms with van der Waals surface area (Å²) in [5, 5.41) is 3.39. The number of carbonyl (C=O) groups is 1. The highest BCUT2D eigenvalue weighted by Gasteiger charge is 2.42. The molecule has 0 amide bonds. The second-order valence-electron chi connectivity index (χ2n) is 7.52. The highest BCUT2D eigenvalue weighted by Crippen LogP contribution is 2.40. The van der Waals surface area contributed by atoms with Gasteiger partial charge in [0.15, 0.2) is 0 Å². The molecule has 0 aliphatic heterocycles. The van der Waals surface area contributed by atoms with Gasteiger partial charge in [0.25, 0.3) is 0 Å². The van der Waals surface area contributed by atoms with Gasteiger partial charge in [0.05, 0.1) is 24.5 Å². The van der Waals surface area contributed by atoms with Gasteiger partial charge < -0.3 is 19.2 Å².